The summed E-state index contributed by atoms with van der Waals surface area (Å²) in [6.07, 6.45) is 5.48. The lowest BCUT2D eigenvalue weighted by molar-refractivity contribution is 0.00446. The summed E-state index contributed by atoms with van der Waals surface area (Å²) in [4.78, 5) is 11.1. The number of hydrogen-bond donors (Lipinski definition) is 0. The summed E-state index contributed by atoms with van der Waals surface area (Å²) in [6.45, 7) is 1.92. The summed E-state index contributed by atoms with van der Waals surface area (Å²) in [5.74, 6) is 1.79. The molecule has 0 radical (unpaired) electrons. The fraction of sp³-hybridized carbons (Fsp3) is 0.304. The van der Waals surface area contributed by atoms with Gasteiger partial charge in [0.25, 0.3) is 5.88 Å². The molecule has 1 fully saturated rings. The van der Waals surface area contributed by atoms with Crippen molar-refractivity contribution in [2.24, 2.45) is 0 Å². The molecule has 0 amide bonds. The second-order valence-electron chi connectivity index (χ2n) is 7.06. The Bertz CT molecular complexity index is 965. The van der Waals surface area contributed by atoms with Crippen LogP contribution in [-0.4, -0.2) is 36.4 Å². The average molecular weight is 426 g/mol. The van der Waals surface area contributed by atoms with Crippen LogP contribution >= 0.6 is 11.6 Å². The number of aromatic nitrogens is 2. The van der Waals surface area contributed by atoms with Crippen LogP contribution in [0.1, 0.15) is 18.4 Å². The summed E-state index contributed by atoms with van der Waals surface area (Å²) in [7, 11) is 1.62. The van der Waals surface area contributed by atoms with Crippen LogP contribution in [0.25, 0.3) is 0 Å². The van der Waals surface area contributed by atoms with E-state index in [1.54, 1.807) is 13.3 Å². The van der Waals surface area contributed by atoms with E-state index in [9.17, 15) is 0 Å². The molecular weight excluding hydrogens is 402 g/mol. The first kappa shape index (κ1) is 20.4. The van der Waals surface area contributed by atoms with E-state index in [-0.39, 0.29) is 6.10 Å². The van der Waals surface area contributed by atoms with Crippen LogP contribution in [0, 0.1) is 0 Å². The quantitative estimate of drug-likeness (QED) is 0.529. The van der Waals surface area contributed by atoms with Crippen LogP contribution in [0.4, 0.5) is 11.5 Å². The van der Waals surface area contributed by atoms with Crippen molar-refractivity contribution in [1.29, 1.82) is 0 Å². The molecule has 1 aromatic carbocycles. The number of rotatable bonds is 7. The molecule has 0 aliphatic carbocycles. The van der Waals surface area contributed by atoms with Crippen molar-refractivity contribution >= 4 is 23.1 Å². The second kappa shape index (κ2) is 9.78. The van der Waals surface area contributed by atoms with Gasteiger partial charge in [-0.2, -0.15) is 4.98 Å². The Hall–Kier alpha value is -2.83. The van der Waals surface area contributed by atoms with Gasteiger partial charge in [-0.1, -0.05) is 23.7 Å². The highest BCUT2D eigenvalue weighted by molar-refractivity contribution is 6.30. The van der Waals surface area contributed by atoms with Crippen LogP contribution < -0.4 is 14.4 Å². The van der Waals surface area contributed by atoms with Gasteiger partial charge in [0.15, 0.2) is 5.75 Å². The van der Waals surface area contributed by atoms with E-state index >= 15 is 0 Å². The summed E-state index contributed by atoms with van der Waals surface area (Å²) < 4.78 is 17.2. The minimum atomic E-state index is -0.0339. The first-order valence-corrected chi connectivity index (χ1v) is 10.3. The van der Waals surface area contributed by atoms with Gasteiger partial charge in [0.05, 0.1) is 20.3 Å². The zero-order valence-electron chi connectivity index (χ0n) is 16.8. The molecule has 1 aliphatic rings. The predicted octanol–water partition coefficient (Wildman–Crippen LogP) is 5.03. The Morgan fingerprint density at radius 1 is 1.20 bits per heavy atom. The lowest BCUT2D eigenvalue weighted by Crippen LogP contribution is -2.28. The molecule has 0 bridgehead atoms. The van der Waals surface area contributed by atoms with Gasteiger partial charge in [0, 0.05) is 29.7 Å². The van der Waals surface area contributed by atoms with Crippen molar-refractivity contribution in [3.05, 3.63) is 71.5 Å². The Labute approximate surface area is 181 Å². The van der Waals surface area contributed by atoms with E-state index in [4.69, 9.17) is 30.8 Å². The molecule has 7 heteroatoms. The number of benzene rings is 1. The van der Waals surface area contributed by atoms with E-state index in [1.807, 2.05) is 54.7 Å². The van der Waals surface area contributed by atoms with Crippen LogP contribution in [0.15, 0.2) is 60.9 Å². The SMILES string of the molecule is COc1ccc(N(Cc2cccnc2)c2cccc(Cl)c2)nc1OC1CCCOC1. The fourth-order valence-corrected chi connectivity index (χ4v) is 3.58. The molecule has 30 heavy (non-hydrogen) atoms. The number of halogens is 1. The molecule has 2 aromatic heterocycles. The van der Waals surface area contributed by atoms with Crippen molar-refractivity contribution in [1.82, 2.24) is 9.97 Å². The van der Waals surface area contributed by atoms with E-state index in [2.05, 4.69) is 9.88 Å². The molecule has 0 spiro atoms. The summed E-state index contributed by atoms with van der Waals surface area (Å²) in [6, 6.07) is 15.4. The van der Waals surface area contributed by atoms with E-state index in [1.165, 1.54) is 0 Å². The largest absolute Gasteiger partial charge is 0.491 e. The van der Waals surface area contributed by atoms with Gasteiger partial charge in [-0.05, 0) is 54.8 Å². The van der Waals surface area contributed by atoms with Gasteiger partial charge in [0.1, 0.15) is 11.9 Å². The third-order valence-electron chi connectivity index (χ3n) is 4.89. The van der Waals surface area contributed by atoms with E-state index in [0.29, 0.717) is 29.8 Å². The molecule has 0 saturated carbocycles. The highest BCUT2D eigenvalue weighted by atomic mass is 35.5. The molecule has 1 atom stereocenters. The van der Waals surface area contributed by atoms with Gasteiger partial charge in [0.2, 0.25) is 0 Å². The molecule has 3 aromatic rings. The molecule has 0 N–H and O–H groups in total. The second-order valence-corrected chi connectivity index (χ2v) is 7.50. The van der Waals surface area contributed by atoms with Gasteiger partial charge >= 0.3 is 0 Å². The molecule has 4 rings (SSSR count). The summed E-state index contributed by atoms with van der Waals surface area (Å²) in [5.41, 5.74) is 1.98. The van der Waals surface area contributed by atoms with Crippen LogP contribution in [0.3, 0.4) is 0 Å². The van der Waals surface area contributed by atoms with Crippen molar-refractivity contribution < 1.29 is 14.2 Å². The minimum absolute atomic E-state index is 0.0339. The number of hydrogen-bond acceptors (Lipinski definition) is 6. The Morgan fingerprint density at radius 2 is 2.13 bits per heavy atom. The standard InChI is InChI=1S/C23H24ClN3O3/c1-28-21-9-10-22(26-23(21)30-20-8-4-12-29-16-20)27(15-17-5-3-11-25-14-17)19-7-2-6-18(24)13-19/h2-3,5-7,9-11,13-14,20H,4,8,12,15-16H2,1H3. The summed E-state index contributed by atoms with van der Waals surface area (Å²) >= 11 is 6.27. The fourth-order valence-electron chi connectivity index (χ4n) is 3.39. The number of anilines is 2. The molecule has 1 saturated heterocycles. The van der Waals surface area contributed by atoms with E-state index < -0.39 is 0 Å². The molecule has 1 unspecified atom stereocenters. The third-order valence-corrected chi connectivity index (χ3v) is 5.12. The molecule has 6 nitrogen and oxygen atoms in total. The van der Waals surface area contributed by atoms with Gasteiger partial charge < -0.3 is 19.1 Å². The first-order chi connectivity index (χ1) is 14.7. The maximum absolute atomic E-state index is 6.27. The maximum atomic E-state index is 6.27. The molecule has 156 valence electrons. The Morgan fingerprint density at radius 3 is 2.87 bits per heavy atom. The van der Waals surface area contributed by atoms with Gasteiger partial charge in [-0.3, -0.25) is 4.98 Å². The monoisotopic (exact) mass is 425 g/mol. The number of methoxy groups -OCH3 is 1. The highest BCUT2D eigenvalue weighted by Crippen LogP contribution is 2.34. The zero-order chi connectivity index (χ0) is 20.8. The van der Waals surface area contributed by atoms with Crippen molar-refractivity contribution in [3.63, 3.8) is 0 Å². The van der Waals surface area contributed by atoms with Crippen molar-refractivity contribution in [2.45, 2.75) is 25.5 Å². The Kier molecular flexibility index (Phi) is 6.67. The van der Waals surface area contributed by atoms with Crippen LogP contribution in [-0.2, 0) is 11.3 Å². The smallest absolute Gasteiger partial charge is 0.259 e. The minimum Gasteiger partial charge on any atom is -0.491 e. The van der Waals surface area contributed by atoms with Crippen molar-refractivity contribution in [2.75, 3.05) is 25.2 Å². The summed E-state index contributed by atoms with van der Waals surface area (Å²) in [5, 5.41) is 0.660. The van der Waals surface area contributed by atoms with Crippen LogP contribution in [0.5, 0.6) is 11.6 Å². The molecular formula is C23H24ClN3O3. The average Bonchev–Trinajstić information content (AvgIpc) is 2.79. The third kappa shape index (κ3) is 5.01. The van der Waals surface area contributed by atoms with Gasteiger partial charge in [-0.15, -0.1) is 0 Å². The zero-order valence-corrected chi connectivity index (χ0v) is 17.6. The Balaban J connectivity index is 1.69. The lowest BCUT2D eigenvalue weighted by atomic mass is 10.2. The number of nitrogens with zero attached hydrogens (tertiary/aromatic N) is 3. The van der Waals surface area contributed by atoms with Crippen LogP contribution in [0.2, 0.25) is 5.02 Å². The number of ether oxygens (including phenoxy) is 3. The van der Waals surface area contributed by atoms with E-state index in [0.717, 1.165) is 36.5 Å². The predicted molar refractivity (Wildman–Crippen MR) is 117 cm³/mol. The highest BCUT2D eigenvalue weighted by Gasteiger charge is 2.21. The molecule has 3 heterocycles. The normalized spacial score (nSPS) is 16.1. The lowest BCUT2D eigenvalue weighted by Gasteiger charge is -2.27. The van der Waals surface area contributed by atoms with Gasteiger partial charge in [-0.25, -0.2) is 0 Å². The molecule has 1 aliphatic heterocycles. The first-order valence-electron chi connectivity index (χ1n) is 9.94. The van der Waals surface area contributed by atoms with Crippen molar-refractivity contribution in [3.8, 4) is 11.6 Å². The maximum Gasteiger partial charge on any atom is 0.259 e. The topological polar surface area (TPSA) is 56.7 Å². The number of pyridine rings is 2.